The maximum Gasteiger partial charge on any atom is 0.433 e. The van der Waals surface area contributed by atoms with Gasteiger partial charge in [-0.15, -0.1) is 0 Å². The van der Waals surface area contributed by atoms with E-state index in [9.17, 15) is 18.0 Å². The first kappa shape index (κ1) is 15.5. The fourth-order valence-electron chi connectivity index (χ4n) is 1.57. The van der Waals surface area contributed by atoms with E-state index in [-0.39, 0.29) is 11.7 Å². The molecule has 0 radical (unpaired) electrons. The lowest BCUT2D eigenvalue weighted by atomic mass is 10.2. The Morgan fingerprint density at radius 2 is 2.21 bits per heavy atom. The Labute approximate surface area is 108 Å². The molecule has 0 aliphatic rings. The van der Waals surface area contributed by atoms with Crippen LogP contribution in [0, 0.1) is 0 Å². The molecule has 1 N–H and O–H groups in total. The van der Waals surface area contributed by atoms with Gasteiger partial charge in [-0.1, -0.05) is 6.92 Å². The first-order valence-electron chi connectivity index (χ1n) is 5.70. The lowest BCUT2D eigenvalue weighted by Crippen LogP contribution is -2.37. The van der Waals surface area contributed by atoms with Crippen molar-refractivity contribution in [3.05, 3.63) is 17.5 Å². The molecule has 0 spiro atoms. The number of nitrogens with zero attached hydrogens (tertiary/aromatic N) is 2. The van der Waals surface area contributed by atoms with Crippen molar-refractivity contribution in [1.82, 2.24) is 15.1 Å². The van der Waals surface area contributed by atoms with Gasteiger partial charge in [0.2, 0.25) is 0 Å². The average molecular weight is 279 g/mol. The molecule has 1 heterocycles. The largest absolute Gasteiger partial charge is 0.433 e. The lowest BCUT2D eigenvalue weighted by Gasteiger charge is -2.14. The molecule has 0 aromatic carbocycles. The molecule has 0 bridgehead atoms. The van der Waals surface area contributed by atoms with Gasteiger partial charge >= 0.3 is 6.18 Å². The minimum atomic E-state index is -4.53. The van der Waals surface area contributed by atoms with Crippen LogP contribution in [0.25, 0.3) is 0 Å². The van der Waals surface area contributed by atoms with E-state index in [1.807, 2.05) is 6.92 Å². The van der Waals surface area contributed by atoms with Crippen molar-refractivity contribution in [3.63, 3.8) is 0 Å². The Morgan fingerprint density at radius 1 is 1.58 bits per heavy atom. The number of amides is 1. The van der Waals surface area contributed by atoms with Crippen LogP contribution in [0.2, 0.25) is 0 Å². The third kappa shape index (κ3) is 3.95. The number of alkyl halides is 3. The minimum absolute atomic E-state index is 0.256. The number of aromatic nitrogens is 2. The van der Waals surface area contributed by atoms with Crippen molar-refractivity contribution in [3.8, 4) is 0 Å². The van der Waals surface area contributed by atoms with Crippen molar-refractivity contribution in [2.45, 2.75) is 25.6 Å². The fourth-order valence-corrected chi connectivity index (χ4v) is 1.57. The Balaban J connectivity index is 2.84. The van der Waals surface area contributed by atoms with Gasteiger partial charge in [-0.25, -0.2) is 0 Å². The number of methoxy groups -OCH3 is 1. The Morgan fingerprint density at radius 3 is 2.63 bits per heavy atom. The first-order chi connectivity index (χ1) is 8.79. The molecule has 108 valence electrons. The average Bonchev–Trinajstić information content (AvgIpc) is 2.70. The summed E-state index contributed by atoms with van der Waals surface area (Å²) < 4.78 is 43.2. The predicted molar refractivity (Wildman–Crippen MR) is 61.6 cm³/mol. The van der Waals surface area contributed by atoms with Crippen molar-refractivity contribution in [2.24, 2.45) is 7.05 Å². The molecule has 1 aromatic heterocycles. The van der Waals surface area contributed by atoms with Crippen LogP contribution in [0.15, 0.2) is 6.07 Å². The number of halogens is 3. The number of ether oxygens (including phenoxy) is 1. The third-order valence-electron chi connectivity index (χ3n) is 2.60. The smallest absolute Gasteiger partial charge is 0.383 e. The summed E-state index contributed by atoms with van der Waals surface area (Å²) in [5, 5.41) is 6.14. The highest BCUT2D eigenvalue weighted by molar-refractivity contribution is 5.92. The molecule has 1 aromatic rings. The zero-order valence-electron chi connectivity index (χ0n) is 10.9. The van der Waals surface area contributed by atoms with Crippen LogP contribution in [0.5, 0.6) is 0 Å². The van der Waals surface area contributed by atoms with Crippen LogP contribution in [0.1, 0.15) is 29.5 Å². The number of rotatable bonds is 5. The number of hydrogen-bond acceptors (Lipinski definition) is 3. The predicted octanol–water partition coefficient (Wildman–Crippen LogP) is 1.59. The van der Waals surface area contributed by atoms with Crippen LogP contribution in [0.3, 0.4) is 0 Å². The standard InChI is InChI=1S/C11H16F3N3O2/c1-4-7(6-19-3)15-10(18)8-5-9(11(12,13)14)17(2)16-8/h5,7H,4,6H2,1-3H3,(H,15,18). The maximum atomic E-state index is 12.6. The van der Waals surface area contributed by atoms with Crippen LogP contribution < -0.4 is 5.32 Å². The summed E-state index contributed by atoms with van der Waals surface area (Å²) in [7, 11) is 2.63. The van der Waals surface area contributed by atoms with E-state index in [1.54, 1.807) is 0 Å². The molecule has 0 saturated carbocycles. The number of hydrogen-bond donors (Lipinski definition) is 1. The summed E-state index contributed by atoms with van der Waals surface area (Å²) in [4.78, 5) is 11.8. The van der Waals surface area contributed by atoms with E-state index in [0.29, 0.717) is 17.7 Å². The SMILES string of the molecule is CCC(COC)NC(=O)c1cc(C(F)(F)F)n(C)n1. The molecule has 0 aliphatic carbocycles. The molecule has 1 unspecified atom stereocenters. The van der Waals surface area contributed by atoms with Crippen molar-refractivity contribution >= 4 is 5.91 Å². The molecular weight excluding hydrogens is 263 g/mol. The van der Waals surface area contributed by atoms with Gasteiger partial charge in [0, 0.05) is 20.2 Å². The number of nitrogens with one attached hydrogen (secondary N) is 1. The topological polar surface area (TPSA) is 56.1 Å². The Bertz CT molecular complexity index is 443. The highest BCUT2D eigenvalue weighted by atomic mass is 19.4. The van der Waals surface area contributed by atoms with Crippen molar-refractivity contribution in [2.75, 3.05) is 13.7 Å². The van der Waals surface area contributed by atoms with Gasteiger partial charge in [0.1, 0.15) is 5.69 Å². The van der Waals surface area contributed by atoms with Crippen molar-refractivity contribution < 1.29 is 22.7 Å². The highest BCUT2D eigenvalue weighted by Gasteiger charge is 2.35. The van der Waals surface area contributed by atoms with E-state index in [2.05, 4.69) is 10.4 Å². The van der Waals surface area contributed by atoms with Gasteiger partial charge < -0.3 is 10.1 Å². The monoisotopic (exact) mass is 279 g/mol. The first-order valence-corrected chi connectivity index (χ1v) is 5.70. The van der Waals surface area contributed by atoms with Gasteiger partial charge in [-0.05, 0) is 6.42 Å². The summed E-state index contributed by atoms with van der Waals surface area (Å²) in [5.41, 5.74) is -1.22. The van der Waals surface area contributed by atoms with Crippen LogP contribution in [0.4, 0.5) is 13.2 Å². The maximum absolute atomic E-state index is 12.6. The normalized spacial score (nSPS) is 13.4. The molecule has 0 fully saturated rings. The summed E-state index contributed by atoms with van der Waals surface area (Å²) >= 11 is 0. The Kier molecular flexibility index (Phi) is 4.93. The van der Waals surface area contributed by atoms with Crippen LogP contribution in [-0.4, -0.2) is 35.4 Å². The molecule has 5 nitrogen and oxygen atoms in total. The summed E-state index contributed by atoms with van der Waals surface area (Å²) in [6.45, 7) is 2.13. The zero-order chi connectivity index (χ0) is 14.6. The van der Waals surface area contributed by atoms with E-state index in [1.165, 1.54) is 7.11 Å². The summed E-state index contributed by atoms with van der Waals surface area (Å²) in [6, 6.07) is 0.475. The Hall–Kier alpha value is -1.57. The third-order valence-corrected chi connectivity index (χ3v) is 2.60. The molecule has 1 atom stereocenters. The molecule has 8 heteroatoms. The van der Waals surface area contributed by atoms with Gasteiger partial charge in [-0.3, -0.25) is 9.48 Å². The summed E-state index contributed by atoms with van der Waals surface area (Å²) in [6.07, 6.45) is -3.92. The van der Waals surface area contributed by atoms with Gasteiger partial charge in [0.05, 0.1) is 12.6 Å². The number of aryl methyl sites for hydroxylation is 1. The van der Waals surface area contributed by atoms with E-state index in [4.69, 9.17) is 4.74 Å². The van der Waals surface area contributed by atoms with E-state index in [0.717, 1.165) is 13.1 Å². The van der Waals surface area contributed by atoms with Crippen LogP contribution >= 0.6 is 0 Å². The van der Waals surface area contributed by atoms with Gasteiger partial charge in [-0.2, -0.15) is 18.3 Å². The van der Waals surface area contributed by atoms with Crippen molar-refractivity contribution in [1.29, 1.82) is 0 Å². The van der Waals surface area contributed by atoms with Gasteiger partial charge in [0.15, 0.2) is 5.69 Å². The second kappa shape index (κ2) is 6.05. The molecule has 0 saturated heterocycles. The second-order valence-electron chi connectivity index (χ2n) is 4.07. The quantitative estimate of drug-likeness (QED) is 0.890. The lowest BCUT2D eigenvalue weighted by molar-refractivity contribution is -0.143. The van der Waals surface area contributed by atoms with E-state index >= 15 is 0 Å². The summed E-state index contributed by atoms with van der Waals surface area (Å²) in [5.74, 6) is -0.644. The molecule has 1 amide bonds. The second-order valence-corrected chi connectivity index (χ2v) is 4.07. The van der Waals surface area contributed by atoms with E-state index < -0.39 is 17.8 Å². The molecular formula is C11H16F3N3O2. The molecule has 1 rings (SSSR count). The zero-order valence-corrected chi connectivity index (χ0v) is 10.9. The fraction of sp³-hybridized carbons (Fsp3) is 0.636. The van der Waals surface area contributed by atoms with Crippen LogP contribution in [-0.2, 0) is 18.0 Å². The molecule has 19 heavy (non-hydrogen) atoms. The highest BCUT2D eigenvalue weighted by Crippen LogP contribution is 2.29. The minimum Gasteiger partial charge on any atom is -0.383 e. The molecule has 0 aliphatic heterocycles. The number of carbonyl (C=O) groups is 1. The number of carbonyl (C=O) groups excluding carboxylic acids is 1. The van der Waals surface area contributed by atoms with Gasteiger partial charge in [0.25, 0.3) is 5.91 Å².